The van der Waals surface area contributed by atoms with E-state index in [-0.39, 0.29) is 5.91 Å². The van der Waals surface area contributed by atoms with Gasteiger partial charge in [0.2, 0.25) is 5.91 Å². The van der Waals surface area contributed by atoms with Gasteiger partial charge in [0, 0.05) is 12.1 Å². The maximum Gasteiger partial charge on any atom is 0.228 e. The molecule has 0 bridgehead atoms. The first-order valence-corrected chi connectivity index (χ1v) is 4.72. The lowest BCUT2D eigenvalue weighted by molar-refractivity contribution is -0.120. The van der Waals surface area contributed by atoms with E-state index in [0.717, 1.165) is 5.69 Å². The number of rotatable bonds is 3. The van der Waals surface area contributed by atoms with Crippen molar-refractivity contribution in [3.63, 3.8) is 0 Å². The standard InChI is InChI=1S/C11H15NO2/c1-3-11(14)12(9(2)13)10-7-5-4-6-8-10/h4-9,13H,3H2,1-2H3. The molecule has 3 heteroatoms. The molecular formula is C11H15NO2. The second-order valence-corrected chi connectivity index (χ2v) is 3.08. The maximum absolute atomic E-state index is 11.5. The maximum atomic E-state index is 11.5. The van der Waals surface area contributed by atoms with Crippen molar-refractivity contribution in [3.05, 3.63) is 30.3 Å². The summed E-state index contributed by atoms with van der Waals surface area (Å²) < 4.78 is 0. The number of anilines is 1. The topological polar surface area (TPSA) is 40.5 Å². The lowest BCUT2D eigenvalue weighted by Gasteiger charge is -2.25. The third-order valence-corrected chi connectivity index (χ3v) is 1.98. The van der Waals surface area contributed by atoms with Crippen molar-refractivity contribution in [3.8, 4) is 0 Å². The zero-order valence-corrected chi connectivity index (χ0v) is 8.47. The van der Waals surface area contributed by atoms with E-state index in [1.807, 2.05) is 18.2 Å². The third kappa shape index (κ3) is 2.33. The smallest absolute Gasteiger partial charge is 0.228 e. The summed E-state index contributed by atoms with van der Waals surface area (Å²) in [6, 6.07) is 9.17. The first kappa shape index (κ1) is 10.7. The number of aliphatic hydroxyl groups is 1. The Labute approximate surface area is 84.0 Å². The van der Waals surface area contributed by atoms with E-state index in [9.17, 15) is 9.90 Å². The highest BCUT2D eigenvalue weighted by Crippen LogP contribution is 2.16. The first-order valence-electron chi connectivity index (χ1n) is 4.72. The summed E-state index contributed by atoms with van der Waals surface area (Å²) in [5, 5.41) is 9.47. The third-order valence-electron chi connectivity index (χ3n) is 1.98. The Hall–Kier alpha value is -1.35. The Morgan fingerprint density at radius 1 is 1.43 bits per heavy atom. The fraction of sp³-hybridized carbons (Fsp3) is 0.364. The fourth-order valence-electron chi connectivity index (χ4n) is 1.33. The number of hydrogen-bond acceptors (Lipinski definition) is 2. The van der Waals surface area contributed by atoms with Crippen LogP contribution in [0, 0.1) is 0 Å². The van der Waals surface area contributed by atoms with Crippen molar-refractivity contribution >= 4 is 11.6 Å². The summed E-state index contributed by atoms with van der Waals surface area (Å²) in [6.07, 6.45) is -0.398. The molecule has 1 amide bonds. The molecular weight excluding hydrogens is 178 g/mol. The fourth-order valence-corrected chi connectivity index (χ4v) is 1.33. The van der Waals surface area contributed by atoms with Crippen molar-refractivity contribution in [2.75, 3.05) is 4.90 Å². The lowest BCUT2D eigenvalue weighted by atomic mass is 10.2. The molecule has 0 saturated carbocycles. The number of carbonyl (C=O) groups excluding carboxylic acids is 1. The zero-order chi connectivity index (χ0) is 10.6. The summed E-state index contributed by atoms with van der Waals surface area (Å²) in [5.41, 5.74) is 0.731. The van der Waals surface area contributed by atoms with Gasteiger partial charge in [0.1, 0.15) is 6.23 Å². The summed E-state index contributed by atoms with van der Waals surface area (Å²) in [7, 11) is 0. The van der Waals surface area contributed by atoms with Crippen LogP contribution in [0.2, 0.25) is 0 Å². The summed E-state index contributed by atoms with van der Waals surface area (Å²) in [4.78, 5) is 12.9. The van der Waals surface area contributed by atoms with Crippen LogP contribution in [-0.2, 0) is 4.79 Å². The number of hydrogen-bond donors (Lipinski definition) is 1. The molecule has 1 rings (SSSR count). The minimum atomic E-state index is -0.787. The van der Waals surface area contributed by atoms with Gasteiger partial charge in [-0.25, -0.2) is 0 Å². The molecule has 1 N–H and O–H groups in total. The molecule has 1 unspecified atom stereocenters. The Bertz CT molecular complexity index is 295. The summed E-state index contributed by atoms with van der Waals surface area (Å²) in [5.74, 6) is -0.0776. The molecule has 1 aromatic rings. The molecule has 3 nitrogen and oxygen atoms in total. The largest absolute Gasteiger partial charge is 0.373 e. The molecule has 0 aromatic heterocycles. The highest BCUT2D eigenvalue weighted by atomic mass is 16.3. The van der Waals surface area contributed by atoms with Crippen LogP contribution in [0.5, 0.6) is 0 Å². The second-order valence-electron chi connectivity index (χ2n) is 3.08. The predicted molar refractivity (Wildman–Crippen MR) is 55.9 cm³/mol. The number of amides is 1. The van der Waals surface area contributed by atoms with Gasteiger partial charge in [-0.05, 0) is 19.1 Å². The second kappa shape index (κ2) is 4.77. The normalized spacial score (nSPS) is 12.2. The van der Waals surface area contributed by atoms with Crippen molar-refractivity contribution in [2.45, 2.75) is 26.5 Å². The molecule has 0 heterocycles. The molecule has 0 radical (unpaired) electrons. The summed E-state index contributed by atoms with van der Waals surface area (Å²) in [6.45, 7) is 3.36. The molecule has 1 atom stereocenters. The van der Waals surface area contributed by atoms with E-state index in [1.165, 1.54) is 4.90 Å². The highest BCUT2D eigenvalue weighted by molar-refractivity contribution is 5.93. The lowest BCUT2D eigenvalue weighted by Crippen LogP contribution is -2.38. The van der Waals surface area contributed by atoms with E-state index in [0.29, 0.717) is 6.42 Å². The Balaban J connectivity index is 2.95. The molecule has 1 aromatic carbocycles. The molecule has 0 aliphatic heterocycles. The quantitative estimate of drug-likeness (QED) is 0.743. The Morgan fingerprint density at radius 2 is 2.00 bits per heavy atom. The van der Waals surface area contributed by atoms with E-state index >= 15 is 0 Å². The summed E-state index contributed by atoms with van der Waals surface area (Å²) >= 11 is 0. The van der Waals surface area contributed by atoms with Crippen LogP contribution in [-0.4, -0.2) is 17.2 Å². The van der Waals surface area contributed by atoms with Crippen molar-refractivity contribution < 1.29 is 9.90 Å². The molecule has 0 fully saturated rings. The minimum Gasteiger partial charge on any atom is -0.373 e. The van der Waals surface area contributed by atoms with Gasteiger partial charge in [-0.1, -0.05) is 25.1 Å². The molecule has 0 saturated heterocycles. The van der Waals surface area contributed by atoms with Gasteiger partial charge in [0.05, 0.1) is 0 Å². The van der Waals surface area contributed by atoms with Crippen LogP contribution >= 0.6 is 0 Å². The average molecular weight is 193 g/mol. The van der Waals surface area contributed by atoms with Crippen molar-refractivity contribution in [2.24, 2.45) is 0 Å². The van der Waals surface area contributed by atoms with Gasteiger partial charge in [0.25, 0.3) is 0 Å². The van der Waals surface area contributed by atoms with Gasteiger partial charge in [-0.3, -0.25) is 9.69 Å². The van der Waals surface area contributed by atoms with Crippen molar-refractivity contribution in [1.82, 2.24) is 0 Å². The Kier molecular flexibility index (Phi) is 3.65. The van der Waals surface area contributed by atoms with Crippen LogP contribution in [0.1, 0.15) is 20.3 Å². The average Bonchev–Trinajstić information content (AvgIpc) is 2.19. The highest BCUT2D eigenvalue weighted by Gasteiger charge is 2.17. The number of carbonyl (C=O) groups is 1. The molecule has 0 spiro atoms. The van der Waals surface area contributed by atoms with E-state index < -0.39 is 6.23 Å². The van der Waals surface area contributed by atoms with Crippen LogP contribution in [0.4, 0.5) is 5.69 Å². The van der Waals surface area contributed by atoms with Gasteiger partial charge in [-0.2, -0.15) is 0 Å². The van der Waals surface area contributed by atoms with E-state index in [1.54, 1.807) is 26.0 Å². The van der Waals surface area contributed by atoms with Crippen molar-refractivity contribution in [1.29, 1.82) is 0 Å². The van der Waals surface area contributed by atoms with Crippen LogP contribution in [0.3, 0.4) is 0 Å². The van der Waals surface area contributed by atoms with Gasteiger partial charge in [0.15, 0.2) is 0 Å². The molecule has 0 aliphatic rings. The Morgan fingerprint density at radius 3 is 2.43 bits per heavy atom. The number of benzene rings is 1. The van der Waals surface area contributed by atoms with Gasteiger partial charge in [-0.15, -0.1) is 0 Å². The molecule has 14 heavy (non-hydrogen) atoms. The first-order chi connectivity index (χ1) is 6.66. The van der Waals surface area contributed by atoms with Crippen LogP contribution < -0.4 is 4.90 Å². The monoisotopic (exact) mass is 193 g/mol. The number of nitrogens with zero attached hydrogens (tertiary/aromatic N) is 1. The zero-order valence-electron chi connectivity index (χ0n) is 8.47. The van der Waals surface area contributed by atoms with E-state index in [2.05, 4.69) is 0 Å². The number of para-hydroxylation sites is 1. The molecule has 0 aliphatic carbocycles. The van der Waals surface area contributed by atoms with Gasteiger partial charge < -0.3 is 5.11 Å². The van der Waals surface area contributed by atoms with E-state index in [4.69, 9.17) is 0 Å². The minimum absolute atomic E-state index is 0.0776. The molecule has 76 valence electrons. The number of aliphatic hydroxyl groups excluding tert-OH is 1. The predicted octanol–water partition coefficient (Wildman–Crippen LogP) is 1.77. The SMILES string of the molecule is CCC(=O)N(c1ccccc1)C(C)O. The van der Waals surface area contributed by atoms with Crippen LogP contribution in [0.25, 0.3) is 0 Å². The van der Waals surface area contributed by atoms with Gasteiger partial charge >= 0.3 is 0 Å². The van der Waals surface area contributed by atoms with Crippen LogP contribution in [0.15, 0.2) is 30.3 Å².